The first-order valence-corrected chi connectivity index (χ1v) is 9.73. The van der Waals surface area contributed by atoms with Gasteiger partial charge in [0, 0.05) is 13.1 Å². The Kier molecular flexibility index (Phi) is 5.62. The van der Waals surface area contributed by atoms with Gasteiger partial charge in [-0.05, 0) is 48.6 Å². The number of nitrogens with zero attached hydrogens (tertiary/aromatic N) is 2. The SMILES string of the molecule is COc1ccc(C(NC(=O)Nc2ccc(N3CCOCC3)nc2)C2CC2)cc1. The largest absolute Gasteiger partial charge is 0.497 e. The Morgan fingerprint density at radius 2 is 1.93 bits per heavy atom. The van der Waals surface area contributed by atoms with E-state index < -0.39 is 0 Å². The summed E-state index contributed by atoms with van der Waals surface area (Å²) in [6.45, 7) is 3.12. The number of nitrogens with one attached hydrogen (secondary N) is 2. The minimum Gasteiger partial charge on any atom is -0.497 e. The zero-order chi connectivity index (χ0) is 19.3. The average molecular weight is 382 g/mol. The predicted octanol–water partition coefficient (Wildman–Crippen LogP) is 3.20. The highest BCUT2D eigenvalue weighted by Gasteiger charge is 2.33. The second kappa shape index (κ2) is 8.48. The molecule has 1 aromatic carbocycles. The van der Waals surface area contributed by atoms with Crippen molar-refractivity contribution in [2.75, 3.05) is 43.6 Å². The van der Waals surface area contributed by atoms with Crippen LogP contribution in [0.15, 0.2) is 42.6 Å². The zero-order valence-corrected chi connectivity index (χ0v) is 16.1. The molecule has 2 N–H and O–H groups in total. The van der Waals surface area contributed by atoms with Crippen LogP contribution in [0.25, 0.3) is 0 Å². The summed E-state index contributed by atoms with van der Waals surface area (Å²) in [5, 5.41) is 6.01. The van der Waals surface area contributed by atoms with Crippen molar-refractivity contribution >= 4 is 17.5 Å². The molecule has 2 fully saturated rings. The quantitative estimate of drug-likeness (QED) is 0.802. The molecule has 7 heteroatoms. The molecule has 1 aliphatic heterocycles. The highest BCUT2D eigenvalue weighted by Crippen LogP contribution is 2.41. The van der Waals surface area contributed by atoms with E-state index in [4.69, 9.17) is 9.47 Å². The molecular formula is C21H26N4O3. The third kappa shape index (κ3) is 4.54. The van der Waals surface area contributed by atoms with Crippen molar-refractivity contribution in [2.45, 2.75) is 18.9 Å². The number of methoxy groups -OCH3 is 1. The standard InChI is InChI=1S/C21H26N4O3/c1-27-18-7-4-16(5-8-18)20(15-2-3-15)24-21(26)23-17-6-9-19(22-14-17)25-10-12-28-13-11-25/h4-9,14-15,20H,2-3,10-13H2,1H3,(H2,23,24,26). The molecule has 0 radical (unpaired) electrons. The first kappa shape index (κ1) is 18.6. The van der Waals surface area contributed by atoms with Gasteiger partial charge >= 0.3 is 6.03 Å². The maximum atomic E-state index is 12.5. The fourth-order valence-electron chi connectivity index (χ4n) is 3.46. The van der Waals surface area contributed by atoms with Crippen LogP contribution in [-0.4, -0.2) is 44.4 Å². The van der Waals surface area contributed by atoms with Crippen LogP contribution in [0.2, 0.25) is 0 Å². The van der Waals surface area contributed by atoms with Gasteiger partial charge in [-0.2, -0.15) is 0 Å². The molecule has 148 valence electrons. The van der Waals surface area contributed by atoms with Crippen LogP contribution in [0.4, 0.5) is 16.3 Å². The van der Waals surface area contributed by atoms with Crippen molar-refractivity contribution in [1.82, 2.24) is 10.3 Å². The van der Waals surface area contributed by atoms with Crippen LogP contribution in [0.5, 0.6) is 5.75 Å². The van der Waals surface area contributed by atoms with Gasteiger partial charge in [0.05, 0.1) is 38.2 Å². The number of hydrogen-bond acceptors (Lipinski definition) is 5. The summed E-state index contributed by atoms with van der Waals surface area (Å²) in [6.07, 6.45) is 3.96. The minimum atomic E-state index is -0.214. The van der Waals surface area contributed by atoms with Gasteiger partial charge in [0.1, 0.15) is 11.6 Å². The van der Waals surface area contributed by atoms with E-state index in [0.29, 0.717) is 11.6 Å². The van der Waals surface area contributed by atoms with Gasteiger partial charge < -0.3 is 25.0 Å². The summed E-state index contributed by atoms with van der Waals surface area (Å²) < 4.78 is 10.6. The summed E-state index contributed by atoms with van der Waals surface area (Å²) in [4.78, 5) is 19.2. The summed E-state index contributed by atoms with van der Waals surface area (Å²) >= 11 is 0. The lowest BCUT2D eigenvalue weighted by molar-refractivity contribution is 0.122. The van der Waals surface area contributed by atoms with Crippen LogP contribution < -0.4 is 20.3 Å². The molecule has 2 heterocycles. The van der Waals surface area contributed by atoms with Crippen molar-refractivity contribution < 1.29 is 14.3 Å². The number of carbonyl (C=O) groups excluding carboxylic acids is 1. The molecule has 1 unspecified atom stereocenters. The number of anilines is 2. The number of morpholine rings is 1. The van der Waals surface area contributed by atoms with Crippen molar-refractivity contribution in [1.29, 1.82) is 0 Å². The number of urea groups is 1. The third-order valence-corrected chi connectivity index (χ3v) is 5.20. The van der Waals surface area contributed by atoms with Gasteiger partial charge in [-0.15, -0.1) is 0 Å². The molecule has 7 nitrogen and oxygen atoms in total. The number of hydrogen-bond donors (Lipinski definition) is 2. The monoisotopic (exact) mass is 382 g/mol. The molecule has 4 rings (SSSR count). The number of aromatic nitrogens is 1. The smallest absolute Gasteiger partial charge is 0.319 e. The number of pyridine rings is 1. The van der Waals surface area contributed by atoms with E-state index in [1.807, 2.05) is 36.4 Å². The van der Waals surface area contributed by atoms with E-state index in [1.165, 1.54) is 0 Å². The van der Waals surface area contributed by atoms with E-state index in [9.17, 15) is 4.79 Å². The molecule has 0 bridgehead atoms. The second-order valence-electron chi connectivity index (χ2n) is 7.19. The number of ether oxygens (including phenoxy) is 2. The van der Waals surface area contributed by atoms with Gasteiger partial charge in [0.2, 0.25) is 0 Å². The third-order valence-electron chi connectivity index (χ3n) is 5.20. The molecule has 1 atom stereocenters. The van der Waals surface area contributed by atoms with E-state index >= 15 is 0 Å². The van der Waals surface area contributed by atoms with Gasteiger partial charge in [-0.25, -0.2) is 9.78 Å². The van der Waals surface area contributed by atoms with E-state index in [2.05, 4.69) is 20.5 Å². The first-order chi connectivity index (χ1) is 13.7. The van der Waals surface area contributed by atoms with Crippen LogP contribution in [0, 0.1) is 5.92 Å². The summed E-state index contributed by atoms with van der Waals surface area (Å²) in [7, 11) is 1.65. The van der Waals surface area contributed by atoms with E-state index in [-0.39, 0.29) is 12.1 Å². The number of benzene rings is 1. The Morgan fingerprint density at radius 3 is 2.54 bits per heavy atom. The molecule has 1 aromatic heterocycles. The van der Waals surface area contributed by atoms with Gasteiger partial charge in [-0.3, -0.25) is 0 Å². The lowest BCUT2D eigenvalue weighted by atomic mass is 10.0. The van der Waals surface area contributed by atoms with Crippen LogP contribution in [-0.2, 0) is 4.74 Å². The fourth-order valence-corrected chi connectivity index (χ4v) is 3.46. The maximum Gasteiger partial charge on any atom is 0.319 e. The summed E-state index contributed by atoms with van der Waals surface area (Å²) in [5.41, 5.74) is 1.78. The normalized spacial score (nSPS) is 17.7. The van der Waals surface area contributed by atoms with Crippen molar-refractivity contribution in [3.63, 3.8) is 0 Å². The average Bonchev–Trinajstić information content (AvgIpc) is 3.59. The van der Waals surface area contributed by atoms with Gasteiger partial charge in [0.25, 0.3) is 0 Å². The van der Waals surface area contributed by atoms with Crippen LogP contribution in [0.1, 0.15) is 24.4 Å². The molecule has 0 spiro atoms. The van der Waals surface area contributed by atoms with Crippen LogP contribution in [0.3, 0.4) is 0 Å². The molecule has 1 saturated carbocycles. The molecule has 2 amide bonds. The van der Waals surface area contributed by atoms with Crippen molar-refractivity contribution in [3.05, 3.63) is 48.2 Å². The molecule has 1 saturated heterocycles. The van der Waals surface area contributed by atoms with Gasteiger partial charge in [0.15, 0.2) is 0 Å². The predicted molar refractivity (Wildman–Crippen MR) is 108 cm³/mol. The van der Waals surface area contributed by atoms with Crippen molar-refractivity contribution in [3.8, 4) is 5.75 Å². The maximum absolute atomic E-state index is 12.5. The lowest BCUT2D eigenvalue weighted by Crippen LogP contribution is -2.36. The van der Waals surface area contributed by atoms with Crippen molar-refractivity contribution in [2.24, 2.45) is 5.92 Å². The van der Waals surface area contributed by atoms with E-state index in [0.717, 1.165) is 56.3 Å². The highest BCUT2D eigenvalue weighted by molar-refractivity contribution is 5.89. The number of rotatable bonds is 6. The second-order valence-corrected chi connectivity index (χ2v) is 7.19. The van der Waals surface area contributed by atoms with Crippen LogP contribution >= 0.6 is 0 Å². The zero-order valence-electron chi connectivity index (χ0n) is 16.1. The molecule has 28 heavy (non-hydrogen) atoms. The van der Waals surface area contributed by atoms with Gasteiger partial charge in [-0.1, -0.05) is 12.1 Å². The molecule has 2 aliphatic rings. The Labute approximate surface area is 165 Å². The van der Waals surface area contributed by atoms with E-state index in [1.54, 1.807) is 13.3 Å². The minimum absolute atomic E-state index is 0.00601. The Balaban J connectivity index is 1.36. The lowest BCUT2D eigenvalue weighted by Gasteiger charge is -2.27. The fraction of sp³-hybridized carbons (Fsp3) is 0.429. The molecular weight excluding hydrogens is 356 g/mol. The first-order valence-electron chi connectivity index (χ1n) is 9.73. The number of carbonyl (C=O) groups is 1. The highest BCUT2D eigenvalue weighted by atomic mass is 16.5. The molecule has 2 aromatic rings. The summed E-state index contributed by atoms with van der Waals surface area (Å²) in [6, 6.07) is 11.5. The molecule has 1 aliphatic carbocycles. The number of amides is 2. The Morgan fingerprint density at radius 1 is 1.18 bits per heavy atom. The Hall–Kier alpha value is -2.80. The Bertz CT molecular complexity index is 784. The summed E-state index contributed by atoms with van der Waals surface area (Å²) in [5.74, 6) is 2.21. The topological polar surface area (TPSA) is 75.7 Å².